The average Bonchev–Trinajstić information content (AvgIpc) is 3.44. The maximum absolute atomic E-state index is 13.9. The molecule has 12 nitrogen and oxygen atoms in total. The van der Waals surface area contributed by atoms with E-state index in [0.29, 0.717) is 6.42 Å². The molecule has 0 bridgehead atoms. The summed E-state index contributed by atoms with van der Waals surface area (Å²) in [4.78, 5) is 25.2. The van der Waals surface area contributed by atoms with Crippen LogP contribution in [0.25, 0.3) is 0 Å². The lowest BCUT2D eigenvalue weighted by Gasteiger charge is -2.25. The molecule has 2 aromatic carbocycles. The zero-order valence-electron chi connectivity index (χ0n) is 26.6. The maximum Gasteiger partial charge on any atom is 0.248 e. The Hall–Kier alpha value is -4.59. The van der Waals surface area contributed by atoms with Crippen molar-refractivity contribution in [3.8, 4) is 5.88 Å². The first-order valence-electron chi connectivity index (χ1n) is 15.2. The van der Waals surface area contributed by atoms with E-state index in [1.165, 1.54) is 22.8 Å². The maximum atomic E-state index is 13.9. The fourth-order valence-electron chi connectivity index (χ4n) is 5.84. The highest BCUT2D eigenvalue weighted by molar-refractivity contribution is 7.89. The number of carbonyl (C=O) groups excluding carboxylic acids is 1. The fraction of sp³-hybridized carbons (Fsp3) is 0.333. The van der Waals surface area contributed by atoms with E-state index >= 15 is 0 Å². The fourth-order valence-corrected chi connectivity index (χ4v) is 7.37. The standard InChI is InChI=1S/C33H40N8O4S/c1-7-25-20-40(46(43,44)29-10-9-15-36-33(29)45-25)19-24-16-23(12-11-21(24)3)27(17-31(42)37-30(35-6)18-34-5)26-13-14-28-32(22(26)4)38-39-41(28)8-2/h9-16,18,25,27,38-39H,5-8,17,19-20H2,1-4H3,(H,37,42)/b30-18+/t25-,27+/m1/s1. The number of hydrogen-bond acceptors (Lipinski definition) is 10. The highest BCUT2D eigenvalue weighted by Crippen LogP contribution is 2.40. The molecule has 0 radical (unpaired) electrons. The third kappa shape index (κ3) is 6.52. The minimum absolute atomic E-state index is 0.0546. The molecule has 2 aliphatic rings. The highest BCUT2D eigenvalue weighted by atomic mass is 32.2. The molecule has 0 aliphatic carbocycles. The summed E-state index contributed by atoms with van der Waals surface area (Å²) in [6.07, 6.45) is 3.22. The number of carbonyl (C=O) groups is 1. The van der Waals surface area contributed by atoms with Gasteiger partial charge in [0.1, 0.15) is 16.8 Å². The number of hydrogen-bond donors (Lipinski definition) is 3. The Morgan fingerprint density at radius 2 is 2.02 bits per heavy atom. The van der Waals surface area contributed by atoms with Crippen LogP contribution in [0.3, 0.4) is 0 Å². The highest BCUT2D eigenvalue weighted by Gasteiger charge is 2.35. The molecule has 1 amide bonds. The van der Waals surface area contributed by atoms with Crippen molar-refractivity contribution in [2.45, 2.75) is 64.0 Å². The van der Waals surface area contributed by atoms with Crippen molar-refractivity contribution >= 4 is 40.7 Å². The van der Waals surface area contributed by atoms with Crippen LogP contribution >= 0.6 is 0 Å². The van der Waals surface area contributed by atoms with Gasteiger partial charge in [0.25, 0.3) is 0 Å². The van der Waals surface area contributed by atoms with Gasteiger partial charge in [-0.25, -0.2) is 18.4 Å². The Morgan fingerprint density at radius 1 is 1.22 bits per heavy atom. The zero-order valence-corrected chi connectivity index (χ0v) is 27.4. The molecule has 3 aromatic rings. The van der Waals surface area contributed by atoms with Gasteiger partial charge in [0.05, 0.1) is 24.1 Å². The van der Waals surface area contributed by atoms with E-state index in [1.807, 2.05) is 56.1 Å². The van der Waals surface area contributed by atoms with Gasteiger partial charge < -0.3 is 15.5 Å². The molecule has 0 unspecified atom stereocenters. The van der Waals surface area contributed by atoms with Crippen LogP contribution < -0.4 is 26.0 Å². The second kappa shape index (κ2) is 13.8. The lowest BCUT2D eigenvalue weighted by Crippen LogP contribution is -2.36. The molecule has 0 fully saturated rings. The molecule has 242 valence electrons. The number of aromatic nitrogens is 1. The van der Waals surface area contributed by atoms with Gasteiger partial charge in [0.15, 0.2) is 0 Å². The van der Waals surface area contributed by atoms with E-state index in [1.54, 1.807) is 6.07 Å². The SMILES string of the molecule is C=N/C=C(\N=C)NC(=O)C[C@@H](c1ccc(C)c(CN2C[C@@H](CC)Oc3ncccc3S2(=O)=O)c1)c1ccc2c(c1C)NNN2CC. The quantitative estimate of drug-likeness (QED) is 0.258. The number of aryl methyl sites for hydroxylation is 1. The first-order valence-corrected chi connectivity index (χ1v) is 16.6. The van der Waals surface area contributed by atoms with Crippen LogP contribution in [0.2, 0.25) is 0 Å². The van der Waals surface area contributed by atoms with Gasteiger partial charge in [-0.3, -0.25) is 14.8 Å². The van der Waals surface area contributed by atoms with Crippen molar-refractivity contribution in [2.75, 3.05) is 23.5 Å². The number of pyridine rings is 1. The molecule has 0 saturated carbocycles. The minimum atomic E-state index is -3.90. The van der Waals surface area contributed by atoms with E-state index in [9.17, 15) is 13.2 Å². The summed E-state index contributed by atoms with van der Waals surface area (Å²) in [5, 5.41) is 4.78. The van der Waals surface area contributed by atoms with Crippen molar-refractivity contribution in [2.24, 2.45) is 9.98 Å². The summed E-state index contributed by atoms with van der Waals surface area (Å²) in [6, 6.07) is 13.2. The first-order chi connectivity index (χ1) is 22.1. The molecule has 13 heteroatoms. The lowest BCUT2D eigenvalue weighted by molar-refractivity contribution is -0.120. The van der Waals surface area contributed by atoms with Crippen molar-refractivity contribution in [3.63, 3.8) is 0 Å². The van der Waals surface area contributed by atoms with Gasteiger partial charge in [-0.15, -0.1) is 5.53 Å². The second-order valence-electron chi connectivity index (χ2n) is 11.3. The normalized spacial score (nSPS) is 18.0. The summed E-state index contributed by atoms with van der Waals surface area (Å²) in [5.74, 6) is -0.327. The smallest absolute Gasteiger partial charge is 0.248 e. The molecule has 3 N–H and O–H groups in total. The number of fused-ring (bicyclic) bond motifs is 2. The first kappa shape index (κ1) is 32.8. The predicted molar refractivity (Wildman–Crippen MR) is 180 cm³/mol. The van der Waals surface area contributed by atoms with E-state index < -0.39 is 10.0 Å². The molecule has 0 saturated heterocycles. The lowest BCUT2D eigenvalue weighted by atomic mass is 9.83. The number of nitrogens with one attached hydrogen (secondary N) is 3. The molecule has 5 rings (SSSR count). The molecule has 0 spiro atoms. The van der Waals surface area contributed by atoms with Crippen LogP contribution in [0.4, 0.5) is 11.4 Å². The number of ether oxygens (including phenoxy) is 1. The summed E-state index contributed by atoms with van der Waals surface area (Å²) in [5.41, 5.74) is 13.0. The number of sulfonamides is 1. The van der Waals surface area contributed by atoms with Gasteiger partial charge in [-0.2, -0.15) is 4.31 Å². The van der Waals surface area contributed by atoms with Gasteiger partial charge in [0.2, 0.25) is 21.8 Å². The average molecular weight is 645 g/mol. The number of benzene rings is 2. The van der Waals surface area contributed by atoms with Crippen molar-refractivity contribution in [3.05, 3.63) is 88.5 Å². The molecular formula is C33H40N8O4S. The van der Waals surface area contributed by atoms with E-state index in [4.69, 9.17) is 4.74 Å². The van der Waals surface area contributed by atoms with Crippen LogP contribution in [0.15, 0.2) is 75.6 Å². The third-order valence-corrected chi connectivity index (χ3v) is 10.3. The number of rotatable bonds is 11. The Balaban J connectivity index is 1.55. The molecule has 46 heavy (non-hydrogen) atoms. The van der Waals surface area contributed by atoms with Crippen LogP contribution in [-0.2, 0) is 21.4 Å². The van der Waals surface area contributed by atoms with Gasteiger partial charge in [-0.1, -0.05) is 31.2 Å². The van der Waals surface area contributed by atoms with E-state index in [0.717, 1.165) is 45.7 Å². The Bertz CT molecular complexity index is 1790. The van der Waals surface area contributed by atoms with Gasteiger partial charge in [-0.05, 0) is 86.6 Å². The summed E-state index contributed by atoms with van der Waals surface area (Å²) in [7, 11) is -3.90. The third-order valence-electron chi connectivity index (χ3n) is 8.44. The van der Waals surface area contributed by atoms with E-state index in [2.05, 4.69) is 51.6 Å². The molecule has 3 heterocycles. The minimum Gasteiger partial charge on any atom is -0.472 e. The Labute approximate surface area is 270 Å². The largest absolute Gasteiger partial charge is 0.472 e. The van der Waals surface area contributed by atoms with Crippen molar-refractivity contribution in [1.29, 1.82) is 0 Å². The van der Waals surface area contributed by atoms with Gasteiger partial charge in [0, 0.05) is 31.6 Å². The zero-order chi connectivity index (χ0) is 33.0. The Kier molecular flexibility index (Phi) is 9.85. The monoisotopic (exact) mass is 644 g/mol. The number of aliphatic imine (C=N–C) groups is 2. The number of anilines is 2. The van der Waals surface area contributed by atoms with Crippen LogP contribution in [0.5, 0.6) is 5.88 Å². The predicted octanol–water partition coefficient (Wildman–Crippen LogP) is 4.57. The summed E-state index contributed by atoms with van der Waals surface area (Å²) >= 11 is 0. The van der Waals surface area contributed by atoms with Crippen LogP contribution in [-0.4, -0.2) is 56.2 Å². The summed E-state index contributed by atoms with van der Waals surface area (Å²) in [6.45, 7) is 16.0. The summed E-state index contributed by atoms with van der Waals surface area (Å²) < 4.78 is 35.2. The van der Waals surface area contributed by atoms with E-state index in [-0.39, 0.29) is 54.0 Å². The molecule has 2 aliphatic heterocycles. The molecular weight excluding hydrogens is 604 g/mol. The topological polar surface area (TPSA) is 141 Å². The molecule has 1 aromatic heterocycles. The number of amides is 1. The van der Waals surface area contributed by atoms with Crippen molar-refractivity contribution < 1.29 is 17.9 Å². The number of hydrazine groups is 2. The van der Waals surface area contributed by atoms with Crippen molar-refractivity contribution in [1.82, 2.24) is 20.1 Å². The second-order valence-corrected chi connectivity index (χ2v) is 13.2. The Morgan fingerprint density at radius 3 is 2.74 bits per heavy atom. The number of nitrogens with zero attached hydrogens (tertiary/aromatic N) is 5. The van der Waals surface area contributed by atoms with Crippen LogP contribution in [0.1, 0.15) is 60.4 Å². The van der Waals surface area contributed by atoms with Crippen LogP contribution in [0, 0.1) is 13.8 Å². The van der Waals surface area contributed by atoms with Gasteiger partial charge >= 0.3 is 0 Å². The molecule has 2 atom stereocenters.